The van der Waals surface area contributed by atoms with Crippen molar-refractivity contribution < 1.29 is 9.53 Å². The third-order valence-corrected chi connectivity index (χ3v) is 4.88. The van der Waals surface area contributed by atoms with E-state index in [4.69, 9.17) is 10.5 Å². The van der Waals surface area contributed by atoms with E-state index in [9.17, 15) is 4.79 Å². The van der Waals surface area contributed by atoms with Gasteiger partial charge >= 0.3 is 0 Å². The van der Waals surface area contributed by atoms with Gasteiger partial charge in [-0.2, -0.15) is 0 Å². The maximum absolute atomic E-state index is 12.1. The molecule has 1 aliphatic carbocycles. The Labute approximate surface area is 130 Å². The molecule has 3 N–H and O–H groups in total. The van der Waals surface area contributed by atoms with Gasteiger partial charge in [-0.25, -0.2) is 0 Å². The average Bonchev–Trinajstić information content (AvgIpc) is 2.49. The highest BCUT2D eigenvalue weighted by Crippen LogP contribution is 2.37. The highest BCUT2D eigenvalue weighted by Gasteiger charge is 2.37. The predicted molar refractivity (Wildman–Crippen MR) is 87.1 cm³/mol. The van der Waals surface area contributed by atoms with Gasteiger partial charge in [-0.05, 0) is 51.9 Å². The second-order valence-electron chi connectivity index (χ2n) is 6.70. The zero-order valence-corrected chi connectivity index (χ0v) is 14.3. The zero-order chi connectivity index (χ0) is 15.9. The molecule has 1 fully saturated rings. The van der Waals surface area contributed by atoms with E-state index in [0.29, 0.717) is 6.54 Å². The van der Waals surface area contributed by atoms with Crippen LogP contribution in [-0.2, 0) is 9.53 Å². The van der Waals surface area contributed by atoms with E-state index in [1.54, 1.807) is 0 Å². The minimum atomic E-state index is -0.426. The lowest BCUT2D eigenvalue weighted by Gasteiger charge is -2.41. The van der Waals surface area contributed by atoms with E-state index in [-0.39, 0.29) is 17.6 Å². The lowest BCUT2D eigenvalue weighted by molar-refractivity contribution is -0.151. The maximum atomic E-state index is 12.1. The monoisotopic (exact) mass is 298 g/mol. The fourth-order valence-corrected chi connectivity index (χ4v) is 3.16. The van der Waals surface area contributed by atoms with Gasteiger partial charge in [0.05, 0.1) is 5.60 Å². The molecule has 2 unspecified atom stereocenters. The molecule has 0 aliphatic heterocycles. The third-order valence-electron chi connectivity index (χ3n) is 4.88. The van der Waals surface area contributed by atoms with Gasteiger partial charge in [-0.1, -0.05) is 26.7 Å². The summed E-state index contributed by atoms with van der Waals surface area (Å²) in [6.07, 6.45) is 7.35. The molecule has 124 valence electrons. The molecular formula is C17H34N2O2. The van der Waals surface area contributed by atoms with Crippen molar-refractivity contribution in [2.24, 2.45) is 11.7 Å². The van der Waals surface area contributed by atoms with E-state index < -0.39 is 6.10 Å². The molecule has 0 aromatic rings. The van der Waals surface area contributed by atoms with E-state index in [0.717, 1.165) is 25.2 Å². The highest BCUT2D eigenvalue weighted by atomic mass is 16.5. The zero-order valence-electron chi connectivity index (χ0n) is 14.3. The third kappa shape index (κ3) is 5.59. The molecule has 1 aliphatic rings. The van der Waals surface area contributed by atoms with Crippen molar-refractivity contribution in [2.75, 3.05) is 6.54 Å². The van der Waals surface area contributed by atoms with E-state index in [2.05, 4.69) is 19.2 Å². The van der Waals surface area contributed by atoms with Crippen LogP contribution in [0.25, 0.3) is 0 Å². The number of ether oxygens (including phenoxy) is 1. The van der Waals surface area contributed by atoms with Gasteiger partial charge in [-0.15, -0.1) is 0 Å². The topological polar surface area (TPSA) is 64.3 Å². The molecule has 0 heterocycles. The second kappa shape index (κ2) is 8.74. The van der Waals surface area contributed by atoms with Crippen LogP contribution in [0.1, 0.15) is 72.6 Å². The molecule has 1 saturated carbocycles. The first kappa shape index (κ1) is 18.4. The van der Waals surface area contributed by atoms with Crippen molar-refractivity contribution in [3.63, 3.8) is 0 Å². The summed E-state index contributed by atoms with van der Waals surface area (Å²) < 4.78 is 6.12. The van der Waals surface area contributed by atoms with Crippen LogP contribution in [0.5, 0.6) is 0 Å². The summed E-state index contributed by atoms with van der Waals surface area (Å²) in [7, 11) is 0. The first-order valence-corrected chi connectivity index (χ1v) is 8.64. The molecular weight excluding hydrogens is 264 g/mol. The molecule has 1 rings (SSSR count). The lowest BCUT2D eigenvalue weighted by Crippen LogP contribution is -2.50. The fraction of sp³-hybridized carbons (Fsp3) is 0.941. The van der Waals surface area contributed by atoms with Gasteiger partial charge in [0.15, 0.2) is 0 Å². The van der Waals surface area contributed by atoms with E-state index in [1.807, 2.05) is 13.8 Å². The number of hydrogen-bond acceptors (Lipinski definition) is 3. The minimum absolute atomic E-state index is 0.0205. The molecule has 0 radical (unpaired) electrons. The van der Waals surface area contributed by atoms with Crippen LogP contribution in [0.15, 0.2) is 0 Å². The Kier molecular flexibility index (Phi) is 7.67. The van der Waals surface area contributed by atoms with Gasteiger partial charge < -0.3 is 15.8 Å². The number of amides is 1. The summed E-state index contributed by atoms with van der Waals surface area (Å²) >= 11 is 0. The molecule has 1 amide bonds. The molecule has 4 nitrogen and oxygen atoms in total. The first-order valence-electron chi connectivity index (χ1n) is 8.64. The summed E-state index contributed by atoms with van der Waals surface area (Å²) in [4.78, 5) is 12.1. The Morgan fingerprint density at radius 2 is 1.95 bits per heavy atom. The summed E-state index contributed by atoms with van der Waals surface area (Å²) in [5.41, 5.74) is 5.68. The average molecular weight is 298 g/mol. The fourth-order valence-electron chi connectivity index (χ4n) is 3.16. The molecule has 2 atom stereocenters. The lowest BCUT2D eigenvalue weighted by atomic mass is 9.77. The number of carbonyl (C=O) groups is 1. The van der Waals surface area contributed by atoms with Crippen molar-refractivity contribution in [3.8, 4) is 0 Å². The molecule has 0 aromatic carbocycles. The Morgan fingerprint density at radius 1 is 1.33 bits per heavy atom. The number of hydrogen-bond donors (Lipinski definition) is 2. The smallest absolute Gasteiger partial charge is 0.249 e. The van der Waals surface area contributed by atoms with Crippen LogP contribution in [0, 0.1) is 5.92 Å². The summed E-state index contributed by atoms with van der Waals surface area (Å²) in [5.74, 6) is 0.787. The summed E-state index contributed by atoms with van der Waals surface area (Å²) in [5, 5.41) is 2.98. The van der Waals surface area contributed by atoms with Crippen molar-refractivity contribution in [3.05, 3.63) is 0 Å². The second-order valence-corrected chi connectivity index (χ2v) is 6.70. The largest absolute Gasteiger partial charge is 0.361 e. The van der Waals surface area contributed by atoms with Crippen molar-refractivity contribution in [1.29, 1.82) is 0 Å². The number of carbonyl (C=O) groups excluding carboxylic acids is 1. The van der Waals surface area contributed by atoms with Crippen LogP contribution in [0.3, 0.4) is 0 Å². The minimum Gasteiger partial charge on any atom is -0.361 e. The molecule has 4 heteroatoms. The first-order chi connectivity index (χ1) is 9.96. The molecule has 0 aromatic heterocycles. The van der Waals surface area contributed by atoms with Crippen LogP contribution >= 0.6 is 0 Å². The highest BCUT2D eigenvalue weighted by molar-refractivity contribution is 5.80. The van der Waals surface area contributed by atoms with Crippen molar-refractivity contribution >= 4 is 5.91 Å². The Hall–Kier alpha value is -0.610. The summed E-state index contributed by atoms with van der Waals surface area (Å²) in [6.45, 7) is 8.66. The van der Waals surface area contributed by atoms with Gasteiger partial charge in [0.25, 0.3) is 0 Å². The summed E-state index contributed by atoms with van der Waals surface area (Å²) in [6, 6.07) is 0.192. The van der Waals surface area contributed by atoms with Crippen molar-refractivity contribution in [1.82, 2.24) is 5.32 Å². The van der Waals surface area contributed by atoms with Gasteiger partial charge in [0.2, 0.25) is 5.91 Å². The molecule has 0 spiro atoms. The number of rotatable bonds is 8. The van der Waals surface area contributed by atoms with Gasteiger partial charge in [-0.3, -0.25) is 4.79 Å². The normalized spacial score (nSPS) is 28.9. The Balaban J connectivity index is 2.51. The van der Waals surface area contributed by atoms with Crippen LogP contribution in [-0.4, -0.2) is 30.2 Å². The van der Waals surface area contributed by atoms with Gasteiger partial charge in [0, 0.05) is 12.6 Å². The van der Waals surface area contributed by atoms with E-state index >= 15 is 0 Å². The van der Waals surface area contributed by atoms with Crippen LogP contribution in [0.4, 0.5) is 0 Å². The Morgan fingerprint density at radius 3 is 2.43 bits per heavy atom. The maximum Gasteiger partial charge on any atom is 0.249 e. The Bertz CT molecular complexity index is 312. The predicted octanol–water partition coefficient (Wildman–Crippen LogP) is 2.99. The number of nitrogens with one attached hydrogen (secondary N) is 1. The SMILES string of the molecule is CCCC1CCC(CN)(OC(C)C(=O)NC(C)CC)CC1. The molecule has 21 heavy (non-hydrogen) atoms. The van der Waals surface area contributed by atoms with E-state index in [1.165, 1.54) is 25.7 Å². The van der Waals surface area contributed by atoms with Gasteiger partial charge in [0.1, 0.15) is 6.10 Å². The van der Waals surface area contributed by atoms with Crippen LogP contribution in [0.2, 0.25) is 0 Å². The number of nitrogens with two attached hydrogens (primary N) is 1. The molecule has 0 bridgehead atoms. The molecule has 0 saturated heterocycles. The van der Waals surface area contributed by atoms with Crippen LogP contribution < -0.4 is 11.1 Å². The standard InChI is InChI=1S/C17H34N2O2/c1-5-7-15-8-10-17(12-18,11-9-15)21-14(4)16(20)19-13(3)6-2/h13-15H,5-12,18H2,1-4H3,(H,19,20). The van der Waals surface area contributed by atoms with Crippen molar-refractivity contribution in [2.45, 2.75) is 90.4 Å². The quantitative estimate of drug-likeness (QED) is 0.724.